The number of ether oxygens (including phenoxy) is 1. The summed E-state index contributed by atoms with van der Waals surface area (Å²) in [5.41, 5.74) is -0.742. The number of halogens is 5. The molecule has 0 atom stereocenters. The molecule has 1 aromatic heterocycles. The van der Waals surface area contributed by atoms with Crippen molar-refractivity contribution in [1.29, 1.82) is 0 Å². The molecule has 1 N–H and O–H groups in total. The van der Waals surface area contributed by atoms with Crippen LogP contribution >= 0.6 is 23.2 Å². The van der Waals surface area contributed by atoms with Gasteiger partial charge in [0.05, 0.1) is 17.8 Å². The summed E-state index contributed by atoms with van der Waals surface area (Å²) in [7, 11) is 1.40. The standard InChI is InChI=1S/C11H7Cl2F3N2O.C5H11N/c1-19-8-4-6(2-3-7(8)12)18-10(13)5-9(17-18)11(14,15)16;1-2-4-6-5-3-1/h2-5H,1H3;6H,1-5H2. The molecule has 1 saturated heterocycles. The lowest BCUT2D eigenvalue weighted by Crippen LogP contribution is -2.21. The minimum Gasteiger partial charge on any atom is -0.495 e. The van der Waals surface area contributed by atoms with Crippen LogP contribution in [0.1, 0.15) is 25.0 Å². The van der Waals surface area contributed by atoms with Crippen molar-refractivity contribution in [2.75, 3.05) is 20.2 Å². The second-order valence-electron chi connectivity index (χ2n) is 5.39. The first-order valence-electron chi connectivity index (χ1n) is 7.70. The molecule has 138 valence electrons. The summed E-state index contributed by atoms with van der Waals surface area (Å²) in [5.74, 6) is 0.319. The van der Waals surface area contributed by atoms with Crippen LogP contribution in [0.15, 0.2) is 24.3 Å². The summed E-state index contributed by atoms with van der Waals surface area (Å²) in [6, 6.07) is 5.18. The second kappa shape index (κ2) is 8.78. The van der Waals surface area contributed by atoms with E-state index in [9.17, 15) is 13.2 Å². The maximum absolute atomic E-state index is 12.5. The van der Waals surface area contributed by atoms with Gasteiger partial charge >= 0.3 is 6.18 Å². The zero-order valence-corrected chi connectivity index (χ0v) is 15.0. The van der Waals surface area contributed by atoms with Crippen LogP contribution in [0.3, 0.4) is 0 Å². The highest BCUT2D eigenvalue weighted by molar-refractivity contribution is 6.32. The molecule has 0 spiro atoms. The molecule has 1 aliphatic rings. The van der Waals surface area contributed by atoms with Crippen LogP contribution in [0.5, 0.6) is 5.75 Å². The van der Waals surface area contributed by atoms with E-state index in [-0.39, 0.29) is 5.15 Å². The fourth-order valence-corrected chi connectivity index (χ4v) is 2.69. The predicted molar refractivity (Wildman–Crippen MR) is 91.9 cm³/mol. The second-order valence-corrected chi connectivity index (χ2v) is 6.19. The fourth-order valence-electron chi connectivity index (χ4n) is 2.26. The number of hydrogen-bond acceptors (Lipinski definition) is 3. The molecular formula is C16H18Cl2F3N3O. The molecule has 1 fully saturated rings. The summed E-state index contributed by atoms with van der Waals surface area (Å²) < 4.78 is 43.5. The van der Waals surface area contributed by atoms with E-state index in [1.54, 1.807) is 0 Å². The smallest absolute Gasteiger partial charge is 0.435 e. The molecule has 0 unspecified atom stereocenters. The molecule has 25 heavy (non-hydrogen) atoms. The number of benzene rings is 1. The number of rotatable bonds is 2. The first-order chi connectivity index (χ1) is 11.8. The van der Waals surface area contributed by atoms with Crippen molar-refractivity contribution in [3.8, 4) is 11.4 Å². The summed E-state index contributed by atoms with van der Waals surface area (Å²) in [6.45, 7) is 2.50. The van der Waals surface area contributed by atoms with Crippen molar-refractivity contribution in [2.24, 2.45) is 0 Å². The fraction of sp³-hybridized carbons (Fsp3) is 0.438. The predicted octanol–water partition coefficient (Wildman–Crippen LogP) is 4.97. The lowest BCUT2D eigenvalue weighted by molar-refractivity contribution is -0.141. The van der Waals surface area contributed by atoms with Gasteiger partial charge in [-0.3, -0.25) is 0 Å². The van der Waals surface area contributed by atoms with Crippen LogP contribution in [-0.2, 0) is 6.18 Å². The summed E-state index contributed by atoms with van der Waals surface area (Å²) >= 11 is 11.6. The van der Waals surface area contributed by atoms with Gasteiger partial charge in [0.15, 0.2) is 5.69 Å². The molecule has 1 aromatic carbocycles. The van der Waals surface area contributed by atoms with Crippen LogP contribution in [0.4, 0.5) is 13.2 Å². The number of alkyl halides is 3. The maximum atomic E-state index is 12.5. The zero-order chi connectivity index (χ0) is 18.4. The Morgan fingerprint density at radius 2 is 1.80 bits per heavy atom. The maximum Gasteiger partial charge on any atom is 0.435 e. The Bertz CT molecular complexity index is 689. The summed E-state index contributed by atoms with van der Waals surface area (Å²) in [6.07, 6.45) is -0.335. The number of piperidine rings is 1. The third kappa shape index (κ3) is 5.52. The molecule has 2 aromatic rings. The van der Waals surface area contributed by atoms with E-state index in [2.05, 4.69) is 10.4 Å². The molecule has 0 aliphatic carbocycles. The molecule has 0 bridgehead atoms. The van der Waals surface area contributed by atoms with Crippen molar-refractivity contribution < 1.29 is 17.9 Å². The van der Waals surface area contributed by atoms with Gasteiger partial charge in [-0.15, -0.1) is 0 Å². The monoisotopic (exact) mass is 395 g/mol. The van der Waals surface area contributed by atoms with Gasteiger partial charge in [-0.25, -0.2) is 4.68 Å². The van der Waals surface area contributed by atoms with Gasteiger partial charge in [-0.05, 0) is 38.1 Å². The Labute approximate surface area is 153 Å². The average molecular weight is 396 g/mol. The van der Waals surface area contributed by atoms with Crippen LogP contribution in [0, 0.1) is 0 Å². The van der Waals surface area contributed by atoms with Crippen LogP contribution in [-0.4, -0.2) is 30.0 Å². The van der Waals surface area contributed by atoms with Crippen molar-refractivity contribution in [3.63, 3.8) is 0 Å². The molecule has 0 amide bonds. The van der Waals surface area contributed by atoms with E-state index >= 15 is 0 Å². The van der Waals surface area contributed by atoms with E-state index in [4.69, 9.17) is 27.9 Å². The van der Waals surface area contributed by atoms with Crippen molar-refractivity contribution in [3.05, 3.63) is 40.1 Å². The van der Waals surface area contributed by atoms with Gasteiger partial charge in [0.25, 0.3) is 0 Å². The third-order valence-electron chi connectivity index (χ3n) is 3.54. The number of methoxy groups -OCH3 is 1. The quantitative estimate of drug-likeness (QED) is 0.780. The van der Waals surface area contributed by atoms with Gasteiger partial charge in [0.2, 0.25) is 0 Å². The van der Waals surface area contributed by atoms with Gasteiger partial charge in [0, 0.05) is 12.1 Å². The largest absolute Gasteiger partial charge is 0.495 e. The first kappa shape index (κ1) is 19.9. The lowest BCUT2D eigenvalue weighted by atomic mass is 10.2. The molecule has 2 heterocycles. The topological polar surface area (TPSA) is 39.1 Å². The van der Waals surface area contributed by atoms with Crippen LogP contribution < -0.4 is 10.1 Å². The average Bonchev–Trinajstić information content (AvgIpc) is 3.00. The van der Waals surface area contributed by atoms with E-state index in [0.717, 1.165) is 10.7 Å². The Balaban J connectivity index is 0.000000316. The molecule has 3 rings (SSSR count). The van der Waals surface area contributed by atoms with Gasteiger partial charge < -0.3 is 10.1 Å². The number of nitrogens with one attached hydrogen (secondary N) is 1. The van der Waals surface area contributed by atoms with Crippen molar-refractivity contribution in [1.82, 2.24) is 15.1 Å². The Hall–Kier alpha value is -1.44. The van der Waals surface area contributed by atoms with E-state index in [1.165, 1.54) is 57.7 Å². The van der Waals surface area contributed by atoms with Crippen LogP contribution in [0.25, 0.3) is 5.69 Å². The van der Waals surface area contributed by atoms with Gasteiger partial charge in [0.1, 0.15) is 10.9 Å². The molecule has 4 nitrogen and oxygen atoms in total. The highest BCUT2D eigenvalue weighted by atomic mass is 35.5. The number of hydrogen-bond donors (Lipinski definition) is 1. The van der Waals surface area contributed by atoms with Crippen molar-refractivity contribution in [2.45, 2.75) is 25.4 Å². The number of aromatic nitrogens is 2. The highest BCUT2D eigenvalue weighted by Gasteiger charge is 2.35. The number of nitrogens with zero attached hydrogens (tertiary/aromatic N) is 2. The molecule has 9 heteroatoms. The third-order valence-corrected chi connectivity index (χ3v) is 4.12. The highest BCUT2D eigenvalue weighted by Crippen LogP contribution is 2.32. The lowest BCUT2D eigenvalue weighted by Gasteiger charge is -2.08. The minimum absolute atomic E-state index is 0.156. The van der Waals surface area contributed by atoms with Gasteiger partial charge in [-0.1, -0.05) is 29.6 Å². The summed E-state index contributed by atoms with van der Waals surface area (Å²) in [5, 5.41) is 6.88. The summed E-state index contributed by atoms with van der Waals surface area (Å²) in [4.78, 5) is 0. The Morgan fingerprint density at radius 3 is 2.24 bits per heavy atom. The first-order valence-corrected chi connectivity index (χ1v) is 8.46. The van der Waals surface area contributed by atoms with Crippen molar-refractivity contribution >= 4 is 23.2 Å². The SMILES string of the molecule is C1CCNCC1.COc1cc(-n2nc(C(F)(F)F)cc2Cl)ccc1Cl. The Kier molecular flexibility index (Phi) is 6.98. The Morgan fingerprint density at radius 1 is 1.12 bits per heavy atom. The molecule has 0 saturated carbocycles. The molecule has 0 radical (unpaired) electrons. The van der Waals surface area contributed by atoms with E-state index < -0.39 is 11.9 Å². The normalized spacial score (nSPS) is 14.6. The van der Waals surface area contributed by atoms with Crippen LogP contribution in [0.2, 0.25) is 10.2 Å². The molecular weight excluding hydrogens is 378 g/mol. The van der Waals surface area contributed by atoms with E-state index in [0.29, 0.717) is 16.5 Å². The van der Waals surface area contributed by atoms with Gasteiger partial charge in [-0.2, -0.15) is 18.3 Å². The minimum atomic E-state index is -4.55. The molecule has 1 aliphatic heterocycles. The van der Waals surface area contributed by atoms with E-state index in [1.807, 2.05) is 0 Å². The zero-order valence-electron chi connectivity index (χ0n) is 13.5.